The van der Waals surface area contributed by atoms with E-state index in [0.29, 0.717) is 16.5 Å². The first-order valence-electron chi connectivity index (χ1n) is 5.52. The number of hydrogen-bond donors (Lipinski definition) is 1. The van der Waals surface area contributed by atoms with Gasteiger partial charge >= 0.3 is 0 Å². The molecule has 3 aromatic rings. The Morgan fingerprint density at radius 3 is 2.78 bits per heavy atom. The molecule has 0 fully saturated rings. The minimum atomic E-state index is 0.645. The second-order valence-corrected chi connectivity index (χ2v) is 4.56. The lowest BCUT2D eigenvalue weighted by Crippen LogP contribution is -1.95. The van der Waals surface area contributed by atoms with Crippen LogP contribution in [-0.4, -0.2) is 14.6 Å². The summed E-state index contributed by atoms with van der Waals surface area (Å²) in [6.07, 6.45) is 1.81. The third-order valence-electron chi connectivity index (χ3n) is 2.82. The predicted molar refractivity (Wildman–Crippen MR) is 72.6 cm³/mol. The number of hydrogen-bond acceptors (Lipinski definition) is 3. The second kappa shape index (κ2) is 3.99. The average Bonchev–Trinajstić information content (AvgIpc) is 2.73. The molecule has 0 radical (unpaired) electrons. The van der Waals surface area contributed by atoms with Crippen molar-refractivity contribution in [2.24, 2.45) is 0 Å². The Balaban J connectivity index is 2.34. The Morgan fingerprint density at radius 1 is 1.22 bits per heavy atom. The zero-order valence-electron chi connectivity index (χ0n) is 9.76. The van der Waals surface area contributed by atoms with Crippen LogP contribution in [0, 0.1) is 6.92 Å². The number of fused-ring (bicyclic) bond motifs is 1. The van der Waals surface area contributed by atoms with Crippen molar-refractivity contribution < 1.29 is 0 Å². The summed E-state index contributed by atoms with van der Waals surface area (Å²) in [6, 6.07) is 9.42. The molecule has 90 valence electrons. The van der Waals surface area contributed by atoms with Gasteiger partial charge in [-0.3, -0.25) is 4.40 Å². The van der Waals surface area contributed by atoms with E-state index in [2.05, 4.69) is 10.2 Å². The quantitative estimate of drug-likeness (QED) is 0.730. The summed E-state index contributed by atoms with van der Waals surface area (Å²) < 4.78 is 1.87. The van der Waals surface area contributed by atoms with Gasteiger partial charge in [0.2, 0.25) is 0 Å². The molecule has 4 nitrogen and oxygen atoms in total. The maximum absolute atomic E-state index is 6.18. The third-order valence-corrected chi connectivity index (χ3v) is 3.15. The van der Waals surface area contributed by atoms with Crippen molar-refractivity contribution in [2.45, 2.75) is 6.92 Å². The molecule has 1 aromatic carbocycles. The number of nitrogen functional groups attached to an aromatic ring is 1. The molecule has 0 atom stereocenters. The largest absolute Gasteiger partial charge is 0.398 e. The van der Waals surface area contributed by atoms with Crippen LogP contribution in [0.25, 0.3) is 17.0 Å². The Labute approximate surface area is 109 Å². The molecule has 0 saturated heterocycles. The molecule has 0 aliphatic heterocycles. The summed E-state index contributed by atoms with van der Waals surface area (Å²) in [4.78, 5) is 0. The fraction of sp³-hybridized carbons (Fsp3) is 0.0769. The van der Waals surface area contributed by atoms with E-state index in [1.165, 1.54) is 0 Å². The Morgan fingerprint density at radius 2 is 2.00 bits per heavy atom. The molecule has 0 aliphatic rings. The molecule has 0 aliphatic carbocycles. The summed E-state index contributed by atoms with van der Waals surface area (Å²) in [5.74, 6) is 0.700. The number of aromatic nitrogens is 3. The number of anilines is 1. The van der Waals surface area contributed by atoms with Crippen LogP contribution in [0.2, 0.25) is 5.02 Å². The molecule has 0 bridgehead atoms. The number of halogens is 1. The third kappa shape index (κ3) is 1.62. The average molecular weight is 259 g/mol. The van der Waals surface area contributed by atoms with Crippen LogP contribution in [0.3, 0.4) is 0 Å². The highest BCUT2D eigenvalue weighted by Gasteiger charge is 2.12. The predicted octanol–water partition coefficient (Wildman–Crippen LogP) is 2.94. The molecule has 18 heavy (non-hydrogen) atoms. The van der Waals surface area contributed by atoms with E-state index < -0.39 is 0 Å². The molecule has 2 aromatic heterocycles. The van der Waals surface area contributed by atoms with Crippen LogP contribution in [0.15, 0.2) is 36.5 Å². The van der Waals surface area contributed by atoms with Gasteiger partial charge in [0.1, 0.15) is 0 Å². The van der Waals surface area contributed by atoms with Crippen LogP contribution < -0.4 is 5.73 Å². The standard InChI is InChI=1S/C13H11ClN4/c1-8-6-9(15)7-18-12(8)16-17-13(18)10-4-2-3-5-11(10)14/h2-7H,15H2,1H3. The summed E-state index contributed by atoms with van der Waals surface area (Å²) in [5.41, 5.74) is 9.16. The van der Waals surface area contributed by atoms with E-state index in [4.69, 9.17) is 17.3 Å². The highest BCUT2D eigenvalue weighted by molar-refractivity contribution is 6.33. The van der Waals surface area contributed by atoms with Gasteiger partial charge in [0, 0.05) is 17.4 Å². The lowest BCUT2D eigenvalue weighted by atomic mass is 10.2. The summed E-state index contributed by atoms with van der Waals surface area (Å²) >= 11 is 6.18. The fourth-order valence-electron chi connectivity index (χ4n) is 2.01. The smallest absolute Gasteiger partial charge is 0.169 e. The summed E-state index contributed by atoms with van der Waals surface area (Å²) in [5, 5.41) is 9.02. The highest BCUT2D eigenvalue weighted by atomic mass is 35.5. The maximum Gasteiger partial charge on any atom is 0.169 e. The molecule has 0 spiro atoms. The number of pyridine rings is 1. The van der Waals surface area contributed by atoms with Gasteiger partial charge in [0.05, 0.1) is 5.02 Å². The van der Waals surface area contributed by atoms with Gasteiger partial charge in [0.15, 0.2) is 11.5 Å². The first-order chi connectivity index (χ1) is 8.66. The van der Waals surface area contributed by atoms with Gasteiger partial charge in [0.25, 0.3) is 0 Å². The van der Waals surface area contributed by atoms with Gasteiger partial charge in [-0.2, -0.15) is 0 Å². The van der Waals surface area contributed by atoms with Crippen LogP contribution in [0.4, 0.5) is 5.69 Å². The van der Waals surface area contributed by atoms with Gasteiger partial charge in [-0.1, -0.05) is 23.7 Å². The van der Waals surface area contributed by atoms with Crippen molar-refractivity contribution >= 4 is 22.9 Å². The van der Waals surface area contributed by atoms with Gasteiger partial charge in [-0.05, 0) is 30.7 Å². The van der Waals surface area contributed by atoms with E-state index >= 15 is 0 Å². The molecule has 3 rings (SSSR count). The topological polar surface area (TPSA) is 56.2 Å². The normalized spacial score (nSPS) is 11.0. The summed E-state index contributed by atoms with van der Waals surface area (Å²) in [6.45, 7) is 1.96. The molecule has 0 unspecified atom stereocenters. The number of rotatable bonds is 1. The SMILES string of the molecule is Cc1cc(N)cn2c(-c3ccccc3Cl)nnc12. The van der Waals surface area contributed by atoms with E-state index in [1.54, 1.807) is 6.20 Å². The lowest BCUT2D eigenvalue weighted by molar-refractivity contribution is 1.11. The minimum Gasteiger partial charge on any atom is -0.398 e. The molecule has 0 amide bonds. The van der Waals surface area contributed by atoms with Gasteiger partial charge in [-0.25, -0.2) is 0 Å². The van der Waals surface area contributed by atoms with Gasteiger partial charge in [-0.15, -0.1) is 10.2 Å². The number of nitrogens with two attached hydrogens (primary N) is 1. The molecule has 2 N–H and O–H groups in total. The maximum atomic E-state index is 6.18. The van der Waals surface area contributed by atoms with Crippen LogP contribution in [-0.2, 0) is 0 Å². The number of aryl methyl sites for hydroxylation is 1. The fourth-order valence-corrected chi connectivity index (χ4v) is 2.23. The van der Waals surface area contributed by atoms with E-state index in [-0.39, 0.29) is 0 Å². The van der Waals surface area contributed by atoms with Crippen LogP contribution in [0.5, 0.6) is 0 Å². The van der Waals surface area contributed by atoms with Gasteiger partial charge < -0.3 is 5.73 Å². The number of benzene rings is 1. The van der Waals surface area contributed by atoms with Crippen molar-refractivity contribution in [2.75, 3.05) is 5.73 Å². The number of nitrogens with zero attached hydrogens (tertiary/aromatic N) is 3. The molecular weight excluding hydrogens is 248 g/mol. The van der Waals surface area contributed by atoms with E-state index in [1.807, 2.05) is 41.7 Å². The Kier molecular flexibility index (Phi) is 2.45. The lowest BCUT2D eigenvalue weighted by Gasteiger charge is -2.04. The first-order valence-corrected chi connectivity index (χ1v) is 5.90. The van der Waals surface area contributed by atoms with Crippen molar-refractivity contribution in [1.29, 1.82) is 0 Å². The van der Waals surface area contributed by atoms with Crippen molar-refractivity contribution in [3.05, 3.63) is 47.1 Å². The second-order valence-electron chi connectivity index (χ2n) is 4.15. The molecular formula is C13H11ClN4. The first kappa shape index (κ1) is 11.0. The molecule has 5 heteroatoms. The van der Waals surface area contributed by atoms with Crippen LogP contribution in [0.1, 0.15) is 5.56 Å². The van der Waals surface area contributed by atoms with Crippen LogP contribution >= 0.6 is 11.6 Å². The zero-order valence-corrected chi connectivity index (χ0v) is 10.5. The van der Waals surface area contributed by atoms with E-state index in [9.17, 15) is 0 Å². The van der Waals surface area contributed by atoms with Crippen molar-refractivity contribution in [1.82, 2.24) is 14.6 Å². The molecule has 2 heterocycles. The van der Waals surface area contributed by atoms with Crippen molar-refractivity contribution in [3.63, 3.8) is 0 Å². The summed E-state index contributed by atoms with van der Waals surface area (Å²) in [7, 11) is 0. The monoisotopic (exact) mass is 258 g/mol. The Hall–Kier alpha value is -2.07. The molecule has 0 saturated carbocycles. The Bertz CT molecular complexity index is 733. The van der Waals surface area contributed by atoms with E-state index in [0.717, 1.165) is 16.8 Å². The zero-order chi connectivity index (χ0) is 12.7. The minimum absolute atomic E-state index is 0.645. The highest BCUT2D eigenvalue weighted by Crippen LogP contribution is 2.27. The van der Waals surface area contributed by atoms with Crippen molar-refractivity contribution in [3.8, 4) is 11.4 Å².